The van der Waals surface area contributed by atoms with Crippen molar-refractivity contribution in [1.29, 1.82) is 0 Å². The normalized spacial score (nSPS) is 11.8. The monoisotopic (exact) mass is 297 g/mol. The summed E-state index contributed by atoms with van der Waals surface area (Å²) in [7, 11) is 0. The van der Waals surface area contributed by atoms with Crippen molar-refractivity contribution in [1.82, 2.24) is 15.1 Å². The summed E-state index contributed by atoms with van der Waals surface area (Å²) in [5.41, 5.74) is 0.306. The molecule has 0 bridgehead atoms. The average molecular weight is 297 g/mol. The SMILES string of the molecule is CCCNCc1cnn(Cc2ccccc2)c1C(F)(F)F. The third kappa shape index (κ3) is 4.07. The van der Waals surface area contributed by atoms with Crippen LogP contribution in [0.1, 0.15) is 30.2 Å². The van der Waals surface area contributed by atoms with E-state index < -0.39 is 11.9 Å². The van der Waals surface area contributed by atoms with Gasteiger partial charge < -0.3 is 5.32 Å². The number of halogens is 3. The summed E-state index contributed by atoms with van der Waals surface area (Å²) < 4.78 is 40.8. The second-order valence-electron chi connectivity index (χ2n) is 4.84. The fourth-order valence-electron chi connectivity index (χ4n) is 2.16. The predicted molar refractivity (Wildman–Crippen MR) is 74.8 cm³/mol. The molecule has 0 amide bonds. The molecule has 21 heavy (non-hydrogen) atoms. The van der Waals surface area contributed by atoms with Crippen LogP contribution in [0.3, 0.4) is 0 Å². The molecule has 0 spiro atoms. The largest absolute Gasteiger partial charge is 0.433 e. The zero-order valence-electron chi connectivity index (χ0n) is 11.8. The molecule has 0 saturated carbocycles. The topological polar surface area (TPSA) is 29.9 Å². The van der Waals surface area contributed by atoms with Gasteiger partial charge >= 0.3 is 6.18 Å². The Labute approximate surface area is 121 Å². The number of alkyl halides is 3. The lowest BCUT2D eigenvalue weighted by Crippen LogP contribution is -2.20. The maximum Gasteiger partial charge on any atom is 0.433 e. The van der Waals surface area contributed by atoms with Gasteiger partial charge in [-0.25, -0.2) is 0 Å². The fourth-order valence-corrected chi connectivity index (χ4v) is 2.16. The Balaban J connectivity index is 2.24. The van der Waals surface area contributed by atoms with Gasteiger partial charge in [0.05, 0.1) is 12.7 Å². The summed E-state index contributed by atoms with van der Waals surface area (Å²) in [4.78, 5) is 0. The Bertz CT molecular complexity index is 561. The minimum atomic E-state index is -4.41. The van der Waals surface area contributed by atoms with Crippen LogP contribution in [-0.2, 0) is 19.3 Å². The van der Waals surface area contributed by atoms with Gasteiger partial charge in [-0.15, -0.1) is 0 Å². The molecule has 0 atom stereocenters. The van der Waals surface area contributed by atoms with E-state index in [1.807, 2.05) is 13.0 Å². The van der Waals surface area contributed by atoms with Crippen LogP contribution in [-0.4, -0.2) is 16.3 Å². The number of hydrogen-bond acceptors (Lipinski definition) is 2. The van der Waals surface area contributed by atoms with Gasteiger partial charge in [-0.2, -0.15) is 18.3 Å². The van der Waals surface area contributed by atoms with E-state index in [1.54, 1.807) is 24.3 Å². The summed E-state index contributed by atoms with van der Waals surface area (Å²) in [5, 5.41) is 6.90. The highest BCUT2D eigenvalue weighted by molar-refractivity contribution is 5.23. The summed E-state index contributed by atoms with van der Waals surface area (Å²) in [5.74, 6) is 0. The van der Waals surface area contributed by atoms with E-state index in [1.165, 1.54) is 6.20 Å². The smallest absolute Gasteiger partial charge is 0.313 e. The molecule has 1 aromatic carbocycles. The van der Waals surface area contributed by atoms with Crippen molar-refractivity contribution in [2.24, 2.45) is 0 Å². The van der Waals surface area contributed by atoms with Crippen molar-refractivity contribution in [3.8, 4) is 0 Å². The van der Waals surface area contributed by atoms with Gasteiger partial charge in [0.2, 0.25) is 0 Å². The van der Waals surface area contributed by atoms with Gasteiger partial charge in [-0.05, 0) is 18.5 Å². The number of hydrogen-bond donors (Lipinski definition) is 1. The first-order valence-electron chi connectivity index (χ1n) is 6.89. The molecule has 0 aliphatic rings. The van der Waals surface area contributed by atoms with Gasteiger partial charge in [0, 0.05) is 12.1 Å². The lowest BCUT2D eigenvalue weighted by molar-refractivity contribution is -0.144. The minimum absolute atomic E-state index is 0.115. The zero-order chi connectivity index (χ0) is 15.3. The van der Waals surface area contributed by atoms with Crippen LogP contribution in [0.25, 0.3) is 0 Å². The van der Waals surface area contributed by atoms with Crippen LogP contribution < -0.4 is 5.32 Å². The van der Waals surface area contributed by atoms with E-state index in [0.29, 0.717) is 6.54 Å². The number of benzene rings is 1. The average Bonchev–Trinajstić information content (AvgIpc) is 2.83. The molecule has 0 aliphatic heterocycles. The van der Waals surface area contributed by atoms with Gasteiger partial charge in [-0.3, -0.25) is 4.68 Å². The zero-order valence-corrected chi connectivity index (χ0v) is 11.8. The molecule has 0 unspecified atom stereocenters. The minimum Gasteiger partial charge on any atom is -0.313 e. The summed E-state index contributed by atoms with van der Waals surface area (Å²) in [6, 6.07) is 9.01. The Kier molecular flexibility index (Phi) is 5.01. The van der Waals surface area contributed by atoms with E-state index in [2.05, 4.69) is 10.4 Å². The second kappa shape index (κ2) is 6.76. The maximum atomic E-state index is 13.3. The molecule has 0 saturated heterocycles. The number of nitrogens with zero attached hydrogens (tertiary/aromatic N) is 2. The molecule has 2 aromatic rings. The molecule has 114 valence electrons. The van der Waals surface area contributed by atoms with Crippen molar-refractivity contribution < 1.29 is 13.2 Å². The number of nitrogens with one attached hydrogen (secondary N) is 1. The summed E-state index contributed by atoms with van der Waals surface area (Å²) in [6.45, 7) is 2.94. The molecule has 3 nitrogen and oxygen atoms in total. The molecular weight excluding hydrogens is 279 g/mol. The first-order valence-corrected chi connectivity index (χ1v) is 6.89. The Hall–Kier alpha value is -1.82. The predicted octanol–water partition coefficient (Wildman–Crippen LogP) is 3.45. The molecule has 0 fully saturated rings. The van der Waals surface area contributed by atoms with Crippen LogP contribution >= 0.6 is 0 Å². The van der Waals surface area contributed by atoms with Crippen molar-refractivity contribution in [3.63, 3.8) is 0 Å². The molecule has 1 heterocycles. The maximum absolute atomic E-state index is 13.3. The van der Waals surface area contributed by atoms with E-state index in [9.17, 15) is 13.2 Å². The second-order valence-corrected chi connectivity index (χ2v) is 4.84. The van der Waals surface area contributed by atoms with E-state index in [-0.39, 0.29) is 18.7 Å². The summed E-state index contributed by atoms with van der Waals surface area (Å²) in [6.07, 6.45) is -2.23. The van der Waals surface area contributed by atoms with Crippen LogP contribution in [0.15, 0.2) is 36.5 Å². The van der Waals surface area contributed by atoms with Crippen LogP contribution in [0.5, 0.6) is 0 Å². The standard InChI is InChI=1S/C15H18F3N3/c1-2-8-19-9-13-10-20-21(14(13)15(16,17)18)11-12-6-4-3-5-7-12/h3-7,10,19H,2,8-9,11H2,1H3. The number of aromatic nitrogens is 2. The van der Waals surface area contributed by atoms with Gasteiger partial charge in [0.1, 0.15) is 5.69 Å². The van der Waals surface area contributed by atoms with Crippen LogP contribution in [0.2, 0.25) is 0 Å². The molecular formula is C15H18F3N3. The van der Waals surface area contributed by atoms with Crippen molar-refractivity contribution in [2.45, 2.75) is 32.6 Å². The van der Waals surface area contributed by atoms with Crippen molar-refractivity contribution in [3.05, 3.63) is 53.3 Å². The van der Waals surface area contributed by atoms with Crippen LogP contribution in [0, 0.1) is 0 Å². The molecule has 0 radical (unpaired) electrons. The van der Waals surface area contributed by atoms with E-state index in [0.717, 1.165) is 16.7 Å². The highest BCUT2D eigenvalue weighted by Gasteiger charge is 2.37. The van der Waals surface area contributed by atoms with Crippen LogP contribution in [0.4, 0.5) is 13.2 Å². The van der Waals surface area contributed by atoms with E-state index in [4.69, 9.17) is 0 Å². The third-order valence-corrected chi connectivity index (χ3v) is 3.10. The molecule has 2 rings (SSSR count). The number of rotatable bonds is 6. The summed E-state index contributed by atoms with van der Waals surface area (Å²) >= 11 is 0. The Morgan fingerprint density at radius 2 is 1.90 bits per heavy atom. The first kappa shape index (κ1) is 15.6. The third-order valence-electron chi connectivity index (χ3n) is 3.10. The highest BCUT2D eigenvalue weighted by atomic mass is 19.4. The quantitative estimate of drug-likeness (QED) is 0.828. The molecule has 6 heteroatoms. The first-order chi connectivity index (χ1) is 10.0. The van der Waals surface area contributed by atoms with Crippen molar-refractivity contribution >= 4 is 0 Å². The Morgan fingerprint density at radius 3 is 2.52 bits per heavy atom. The van der Waals surface area contributed by atoms with Crippen molar-refractivity contribution in [2.75, 3.05) is 6.54 Å². The lowest BCUT2D eigenvalue weighted by Gasteiger charge is -2.13. The van der Waals surface area contributed by atoms with Gasteiger partial charge in [-0.1, -0.05) is 37.3 Å². The Morgan fingerprint density at radius 1 is 1.19 bits per heavy atom. The fraction of sp³-hybridized carbons (Fsp3) is 0.400. The molecule has 1 N–H and O–H groups in total. The molecule has 1 aromatic heterocycles. The van der Waals surface area contributed by atoms with E-state index >= 15 is 0 Å². The highest BCUT2D eigenvalue weighted by Crippen LogP contribution is 2.32. The van der Waals surface area contributed by atoms with Gasteiger partial charge in [0.15, 0.2) is 0 Å². The molecule has 0 aliphatic carbocycles. The van der Waals surface area contributed by atoms with Gasteiger partial charge in [0.25, 0.3) is 0 Å². The lowest BCUT2D eigenvalue weighted by atomic mass is 10.2.